The molecule has 0 fully saturated rings. The zero-order valence-electron chi connectivity index (χ0n) is 10.5. The maximum atomic E-state index is 11.4. The molecule has 0 amide bonds. The molecule has 0 bridgehead atoms. The maximum Gasteiger partial charge on any atom is 0.171 e. The minimum atomic E-state index is 0.0932. The second kappa shape index (κ2) is 4.41. The highest BCUT2D eigenvalue weighted by molar-refractivity contribution is 7.17. The number of hydrogen-bond acceptors (Lipinski definition) is 3. The van der Waals surface area contributed by atoms with Crippen molar-refractivity contribution in [3.8, 4) is 10.6 Å². The van der Waals surface area contributed by atoms with Gasteiger partial charge in [-0.05, 0) is 32.9 Å². The number of carbonyl (C=O) groups excluding carboxylic acids is 1. The van der Waals surface area contributed by atoms with Crippen molar-refractivity contribution in [3.05, 3.63) is 39.9 Å². The van der Waals surface area contributed by atoms with Crippen LogP contribution in [0, 0.1) is 20.8 Å². The highest BCUT2D eigenvalue weighted by atomic mass is 32.1. The summed E-state index contributed by atoms with van der Waals surface area (Å²) in [5.41, 5.74) is 4.37. The van der Waals surface area contributed by atoms with E-state index in [-0.39, 0.29) is 5.78 Å². The number of benzene rings is 1. The first-order valence-corrected chi connectivity index (χ1v) is 6.36. The van der Waals surface area contributed by atoms with E-state index in [1.165, 1.54) is 22.5 Å². The van der Waals surface area contributed by atoms with Gasteiger partial charge in [0.25, 0.3) is 0 Å². The van der Waals surface area contributed by atoms with Crippen LogP contribution in [-0.2, 0) is 0 Å². The Morgan fingerprint density at radius 2 is 1.71 bits per heavy atom. The Kier molecular flexibility index (Phi) is 3.11. The average molecular weight is 245 g/mol. The van der Waals surface area contributed by atoms with Crippen LogP contribution < -0.4 is 0 Å². The van der Waals surface area contributed by atoms with E-state index < -0.39 is 0 Å². The third kappa shape index (κ3) is 2.44. The Labute approximate surface area is 105 Å². The number of thiazole rings is 1. The molecule has 0 radical (unpaired) electrons. The first-order valence-electron chi connectivity index (χ1n) is 5.54. The molecule has 0 N–H and O–H groups in total. The SMILES string of the molecule is CC(=O)c1sc(-c2cc(C)cc(C)c2)nc1C. The minimum absolute atomic E-state index is 0.0932. The minimum Gasteiger partial charge on any atom is -0.294 e. The van der Waals surface area contributed by atoms with Crippen LogP contribution >= 0.6 is 11.3 Å². The lowest BCUT2D eigenvalue weighted by Crippen LogP contribution is -1.89. The van der Waals surface area contributed by atoms with Crippen molar-refractivity contribution in [2.75, 3.05) is 0 Å². The van der Waals surface area contributed by atoms with Gasteiger partial charge in [-0.2, -0.15) is 0 Å². The fourth-order valence-corrected chi connectivity index (χ4v) is 2.89. The van der Waals surface area contributed by atoms with Gasteiger partial charge in [0.15, 0.2) is 5.78 Å². The van der Waals surface area contributed by atoms with E-state index in [0.717, 1.165) is 21.1 Å². The molecule has 2 rings (SSSR count). The summed E-state index contributed by atoms with van der Waals surface area (Å²) in [7, 11) is 0. The summed E-state index contributed by atoms with van der Waals surface area (Å²) in [6, 6.07) is 6.35. The van der Waals surface area contributed by atoms with E-state index in [1.807, 2.05) is 6.92 Å². The van der Waals surface area contributed by atoms with Crippen LogP contribution in [0.1, 0.15) is 33.4 Å². The topological polar surface area (TPSA) is 30.0 Å². The molecule has 2 nitrogen and oxygen atoms in total. The summed E-state index contributed by atoms with van der Waals surface area (Å²) in [5.74, 6) is 0.0932. The highest BCUT2D eigenvalue weighted by Crippen LogP contribution is 2.29. The summed E-state index contributed by atoms with van der Waals surface area (Å²) in [6.07, 6.45) is 0. The van der Waals surface area contributed by atoms with Crippen LogP contribution in [-0.4, -0.2) is 10.8 Å². The number of carbonyl (C=O) groups is 1. The van der Waals surface area contributed by atoms with E-state index in [9.17, 15) is 4.79 Å². The largest absolute Gasteiger partial charge is 0.294 e. The third-order valence-electron chi connectivity index (χ3n) is 2.58. The Hall–Kier alpha value is -1.48. The van der Waals surface area contributed by atoms with Gasteiger partial charge in [-0.15, -0.1) is 11.3 Å². The fraction of sp³-hybridized carbons (Fsp3) is 0.286. The number of Topliss-reactive ketones (excluding diaryl/α,β-unsaturated/α-hetero) is 1. The second-order valence-electron chi connectivity index (χ2n) is 4.37. The Morgan fingerprint density at radius 1 is 1.12 bits per heavy atom. The van der Waals surface area contributed by atoms with Gasteiger partial charge in [-0.3, -0.25) is 4.79 Å². The summed E-state index contributed by atoms with van der Waals surface area (Å²) >= 11 is 1.48. The maximum absolute atomic E-state index is 11.4. The number of aromatic nitrogens is 1. The molecule has 0 aliphatic rings. The number of rotatable bonds is 2. The van der Waals surface area contributed by atoms with Crippen molar-refractivity contribution in [2.24, 2.45) is 0 Å². The molecule has 1 aromatic carbocycles. The molecule has 3 heteroatoms. The molecule has 0 atom stereocenters. The molecule has 1 heterocycles. The average Bonchev–Trinajstić information content (AvgIpc) is 2.59. The van der Waals surface area contributed by atoms with Crippen LogP contribution in [0.4, 0.5) is 0 Å². The van der Waals surface area contributed by atoms with Gasteiger partial charge in [-0.1, -0.05) is 17.2 Å². The van der Waals surface area contributed by atoms with Crippen molar-refractivity contribution in [1.82, 2.24) is 4.98 Å². The molecule has 17 heavy (non-hydrogen) atoms. The van der Waals surface area contributed by atoms with Crippen LogP contribution in [0.5, 0.6) is 0 Å². The molecule has 2 aromatic rings. The van der Waals surface area contributed by atoms with Gasteiger partial charge in [0.2, 0.25) is 0 Å². The predicted molar refractivity (Wildman–Crippen MR) is 71.8 cm³/mol. The molecule has 88 valence electrons. The third-order valence-corrected chi connectivity index (χ3v) is 3.89. The van der Waals surface area contributed by atoms with E-state index in [2.05, 4.69) is 37.0 Å². The van der Waals surface area contributed by atoms with Crippen LogP contribution in [0.3, 0.4) is 0 Å². The van der Waals surface area contributed by atoms with Crippen molar-refractivity contribution in [2.45, 2.75) is 27.7 Å². The van der Waals surface area contributed by atoms with E-state index in [1.54, 1.807) is 6.92 Å². The molecule has 1 aromatic heterocycles. The summed E-state index contributed by atoms with van der Waals surface area (Å²) in [5, 5.41) is 0.930. The van der Waals surface area contributed by atoms with E-state index >= 15 is 0 Å². The van der Waals surface area contributed by atoms with E-state index in [4.69, 9.17) is 0 Å². The fourth-order valence-electron chi connectivity index (χ4n) is 1.94. The van der Waals surface area contributed by atoms with Gasteiger partial charge in [-0.25, -0.2) is 4.98 Å². The number of ketones is 1. The van der Waals surface area contributed by atoms with Crippen molar-refractivity contribution >= 4 is 17.1 Å². The quantitative estimate of drug-likeness (QED) is 0.750. The van der Waals surface area contributed by atoms with Crippen LogP contribution in [0.15, 0.2) is 18.2 Å². The van der Waals surface area contributed by atoms with Gasteiger partial charge in [0.1, 0.15) is 5.01 Å². The summed E-state index contributed by atoms with van der Waals surface area (Å²) in [4.78, 5) is 16.7. The van der Waals surface area contributed by atoms with Crippen molar-refractivity contribution < 1.29 is 4.79 Å². The predicted octanol–water partition coefficient (Wildman–Crippen LogP) is 3.94. The monoisotopic (exact) mass is 245 g/mol. The number of aryl methyl sites for hydroxylation is 3. The number of hydrogen-bond donors (Lipinski definition) is 0. The zero-order chi connectivity index (χ0) is 12.6. The van der Waals surface area contributed by atoms with Crippen molar-refractivity contribution in [3.63, 3.8) is 0 Å². The Morgan fingerprint density at radius 3 is 2.18 bits per heavy atom. The molecule has 0 spiro atoms. The molecular formula is C14H15NOS. The lowest BCUT2D eigenvalue weighted by atomic mass is 10.1. The van der Waals surface area contributed by atoms with Gasteiger partial charge in [0.05, 0.1) is 10.6 Å². The zero-order valence-corrected chi connectivity index (χ0v) is 11.3. The lowest BCUT2D eigenvalue weighted by Gasteiger charge is -2.01. The smallest absolute Gasteiger partial charge is 0.171 e. The first kappa shape index (κ1) is 12.0. The molecule has 0 aliphatic heterocycles. The van der Waals surface area contributed by atoms with Crippen molar-refractivity contribution in [1.29, 1.82) is 0 Å². The van der Waals surface area contributed by atoms with Gasteiger partial charge in [0, 0.05) is 12.5 Å². The summed E-state index contributed by atoms with van der Waals surface area (Å²) < 4.78 is 0. The normalized spacial score (nSPS) is 10.6. The molecule has 0 unspecified atom stereocenters. The van der Waals surface area contributed by atoms with E-state index in [0.29, 0.717) is 0 Å². The highest BCUT2D eigenvalue weighted by Gasteiger charge is 2.12. The Balaban J connectivity index is 2.53. The van der Waals surface area contributed by atoms with Gasteiger partial charge < -0.3 is 0 Å². The molecule has 0 saturated heterocycles. The van der Waals surface area contributed by atoms with Gasteiger partial charge >= 0.3 is 0 Å². The molecular weight excluding hydrogens is 230 g/mol. The first-order chi connectivity index (χ1) is 7.97. The van der Waals surface area contributed by atoms with Crippen LogP contribution in [0.25, 0.3) is 10.6 Å². The second-order valence-corrected chi connectivity index (χ2v) is 5.37. The molecule has 0 saturated carbocycles. The Bertz CT molecular complexity index is 564. The molecule has 0 aliphatic carbocycles. The standard InChI is InChI=1S/C14H15NOS/c1-8-5-9(2)7-12(6-8)14-15-10(3)13(17-14)11(4)16/h5-7H,1-4H3. The van der Waals surface area contributed by atoms with Crippen LogP contribution in [0.2, 0.25) is 0 Å². The number of nitrogens with zero attached hydrogens (tertiary/aromatic N) is 1. The summed E-state index contributed by atoms with van der Waals surface area (Å²) in [6.45, 7) is 7.62. The lowest BCUT2D eigenvalue weighted by molar-refractivity contribution is 0.102.